The molecule has 5 heteroatoms. The lowest BCUT2D eigenvalue weighted by Gasteiger charge is -2.08. The van der Waals surface area contributed by atoms with Gasteiger partial charge < -0.3 is 9.47 Å². The highest BCUT2D eigenvalue weighted by Gasteiger charge is 2.27. The van der Waals surface area contributed by atoms with Gasteiger partial charge in [-0.1, -0.05) is 18.2 Å². The molecular weight excluding hydrogens is 320 g/mol. The summed E-state index contributed by atoms with van der Waals surface area (Å²) in [5.41, 5.74) is 0. The second-order valence-electron chi connectivity index (χ2n) is 4.67. The molecule has 1 aromatic heterocycles. The molecule has 104 valence electrons. The molecule has 0 amide bonds. The van der Waals surface area contributed by atoms with Crippen molar-refractivity contribution in [3.05, 3.63) is 46.8 Å². The van der Waals surface area contributed by atoms with Gasteiger partial charge in [-0.3, -0.25) is 0 Å². The fraction of sp³-hybridized carbons (Fsp3) is 0.333. The number of aromatic nitrogens is 2. The zero-order valence-electron chi connectivity index (χ0n) is 11.0. The number of halogens is 1. The third kappa shape index (κ3) is 3.70. The molecule has 1 saturated carbocycles. The topological polar surface area (TPSA) is 44.2 Å². The SMILES string of the molecule is Brc1cc(OCCOc2ccccc2)nc(C2CC2)n1. The van der Waals surface area contributed by atoms with Crippen LogP contribution in [0, 0.1) is 0 Å². The molecule has 3 rings (SSSR count). The summed E-state index contributed by atoms with van der Waals surface area (Å²) in [7, 11) is 0. The van der Waals surface area contributed by atoms with E-state index in [1.807, 2.05) is 30.3 Å². The maximum atomic E-state index is 5.62. The Labute approximate surface area is 126 Å². The van der Waals surface area contributed by atoms with Gasteiger partial charge in [-0.25, -0.2) is 4.98 Å². The fourth-order valence-corrected chi connectivity index (χ4v) is 2.21. The van der Waals surface area contributed by atoms with Crippen molar-refractivity contribution in [1.29, 1.82) is 0 Å². The summed E-state index contributed by atoms with van der Waals surface area (Å²) >= 11 is 3.39. The first-order valence-corrected chi connectivity index (χ1v) is 7.46. The van der Waals surface area contributed by atoms with Gasteiger partial charge in [0.1, 0.15) is 29.4 Å². The Bertz CT molecular complexity index is 573. The number of ether oxygens (including phenoxy) is 2. The van der Waals surface area contributed by atoms with E-state index in [9.17, 15) is 0 Å². The van der Waals surface area contributed by atoms with Crippen molar-refractivity contribution >= 4 is 15.9 Å². The van der Waals surface area contributed by atoms with Gasteiger partial charge in [0.2, 0.25) is 5.88 Å². The van der Waals surface area contributed by atoms with E-state index in [1.165, 1.54) is 12.8 Å². The van der Waals surface area contributed by atoms with Gasteiger partial charge in [-0.15, -0.1) is 0 Å². The maximum absolute atomic E-state index is 5.62. The number of hydrogen-bond donors (Lipinski definition) is 0. The molecule has 0 spiro atoms. The Kier molecular flexibility index (Phi) is 4.16. The van der Waals surface area contributed by atoms with Crippen molar-refractivity contribution in [2.24, 2.45) is 0 Å². The Morgan fingerprint density at radius 3 is 2.55 bits per heavy atom. The number of hydrogen-bond acceptors (Lipinski definition) is 4. The number of nitrogens with zero attached hydrogens (tertiary/aromatic N) is 2. The fourth-order valence-electron chi connectivity index (χ4n) is 1.83. The summed E-state index contributed by atoms with van der Waals surface area (Å²) in [5.74, 6) is 2.83. The second-order valence-corrected chi connectivity index (χ2v) is 5.48. The van der Waals surface area contributed by atoms with Crippen LogP contribution >= 0.6 is 15.9 Å². The van der Waals surface area contributed by atoms with Crippen molar-refractivity contribution in [2.75, 3.05) is 13.2 Å². The van der Waals surface area contributed by atoms with E-state index in [4.69, 9.17) is 9.47 Å². The molecule has 1 aliphatic carbocycles. The maximum Gasteiger partial charge on any atom is 0.217 e. The van der Waals surface area contributed by atoms with E-state index in [-0.39, 0.29) is 0 Å². The Balaban J connectivity index is 1.51. The lowest BCUT2D eigenvalue weighted by atomic mass is 10.3. The average molecular weight is 335 g/mol. The lowest BCUT2D eigenvalue weighted by Crippen LogP contribution is -2.10. The molecule has 1 heterocycles. The Morgan fingerprint density at radius 2 is 1.80 bits per heavy atom. The third-order valence-electron chi connectivity index (χ3n) is 2.98. The summed E-state index contributed by atoms with van der Waals surface area (Å²) < 4.78 is 12.0. The smallest absolute Gasteiger partial charge is 0.217 e. The predicted molar refractivity (Wildman–Crippen MR) is 79.1 cm³/mol. The molecule has 0 aliphatic heterocycles. The predicted octanol–water partition coefficient (Wildman–Crippen LogP) is 3.57. The highest BCUT2D eigenvalue weighted by atomic mass is 79.9. The van der Waals surface area contributed by atoms with E-state index >= 15 is 0 Å². The summed E-state index contributed by atoms with van der Waals surface area (Å²) in [6, 6.07) is 11.5. The molecular formula is C15H15BrN2O2. The first-order valence-electron chi connectivity index (χ1n) is 6.66. The second kappa shape index (κ2) is 6.22. The third-order valence-corrected chi connectivity index (χ3v) is 3.38. The van der Waals surface area contributed by atoms with Crippen LogP contribution in [0.25, 0.3) is 0 Å². The molecule has 1 aromatic carbocycles. The van der Waals surface area contributed by atoms with E-state index in [0.29, 0.717) is 25.0 Å². The lowest BCUT2D eigenvalue weighted by molar-refractivity contribution is 0.211. The molecule has 0 bridgehead atoms. The largest absolute Gasteiger partial charge is 0.490 e. The van der Waals surface area contributed by atoms with Gasteiger partial charge in [-0.2, -0.15) is 4.98 Å². The van der Waals surface area contributed by atoms with Gasteiger partial charge in [0, 0.05) is 12.0 Å². The van der Waals surface area contributed by atoms with E-state index in [0.717, 1.165) is 16.2 Å². The van der Waals surface area contributed by atoms with Crippen molar-refractivity contribution in [2.45, 2.75) is 18.8 Å². The number of para-hydroxylation sites is 1. The van der Waals surface area contributed by atoms with Crippen LogP contribution < -0.4 is 9.47 Å². The van der Waals surface area contributed by atoms with Crippen LogP contribution in [0.3, 0.4) is 0 Å². The minimum absolute atomic E-state index is 0.461. The minimum Gasteiger partial charge on any atom is -0.490 e. The average Bonchev–Trinajstić information content (AvgIpc) is 3.29. The summed E-state index contributed by atoms with van der Waals surface area (Å²) in [4.78, 5) is 8.79. The molecule has 4 nitrogen and oxygen atoms in total. The van der Waals surface area contributed by atoms with Crippen molar-refractivity contribution in [1.82, 2.24) is 9.97 Å². The molecule has 1 aliphatic rings. The highest BCUT2D eigenvalue weighted by Crippen LogP contribution is 2.39. The van der Waals surface area contributed by atoms with E-state index < -0.39 is 0 Å². The molecule has 0 atom stereocenters. The van der Waals surface area contributed by atoms with Crippen LogP contribution in [-0.4, -0.2) is 23.2 Å². The molecule has 1 fully saturated rings. The molecule has 0 N–H and O–H groups in total. The monoisotopic (exact) mass is 334 g/mol. The van der Waals surface area contributed by atoms with Gasteiger partial charge in [0.05, 0.1) is 0 Å². The van der Waals surface area contributed by atoms with Crippen LogP contribution in [0.15, 0.2) is 41.0 Å². The van der Waals surface area contributed by atoms with E-state index in [1.54, 1.807) is 6.07 Å². The number of rotatable bonds is 6. The van der Waals surface area contributed by atoms with Crippen LogP contribution in [-0.2, 0) is 0 Å². The normalized spacial score (nSPS) is 14.1. The Hall–Kier alpha value is -1.62. The zero-order chi connectivity index (χ0) is 13.8. The van der Waals surface area contributed by atoms with Gasteiger partial charge in [-0.05, 0) is 40.9 Å². The van der Waals surface area contributed by atoms with Crippen LogP contribution in [0.2, 0.25) is 0 Å². The highest BCUT2D eigenvalue weighted by molar-refractivity contribution is 9.10. The van der Waals surface area contributed by atoms with Crippen molar-refractivity contribution in [3.8, 4) is 11.6 Å². The minimum atomic E-state index is 0.461. The standard InChI is InChI=1S/C15H15BrN2O2/c16-13-10-14(18-15(17-13)11-6-7-11)20-9-8-19-12-4-2-1-3-5-12/h1-5,10-11H,6-9H2. The van der Waals surface area contributed by atoms with Gasteiger partial charge >= 0.3 is 0 Å². The van der Waals surface area contributed by atoms with E-state index in [2.05, 4.69) is 25.9 Å². The molecule has 0 unspecified atom stereocenters. The van der Waals surface area contributed by atoms with Gasteiger partial charge in [0.15, 0.2) is 0 Å². The van der Waals surface area contributed by atoms with Crippen LogP contribution in [0.4, 0.5) is 0 Å². The van der Waals surface area contributed by atoms with Crippen molar-refractivity contribution in [3.63, 3.8) is 0 Å². The van der Waals surface area contributed by atoms with Crippen LogP contribution in [0.1, 0.15) is 24.6 Å². The summed E-state index contributed by atoms with van der Waals surface area (Å²) in [5, 5.41) is 0. The molecule has 20 heavy (non-hydrogen) atoms. The Morgan fingerprint density at radius 1 is 1.05 bits per heavy atom. The van der Waals surface area contributed by atoms with Crippen molar-refractivity contribution < 1.29 is 9.47 Å². The molecule has 2 aromatic rings. The first kappa shape index (κ1) is 13.4. The summed E-state index contributed by atoms with van der Waals surface area (Å²) in [6.45, 7) is 0.951. The van der Waals surface area contributed by atoms with Gasteiger partial charge in [0.25, 0.3) is 0 Å². The molecule has 0 radical (unpaired) electrons. The summed E-state index contributed by atoms with van der Waals surface area (Å²) in [6.07, 6.45) is 2.35. The van der Waals surface area contributed by atoms with Crippen LogP contribution in [0.5, 0.6) is 11.6 Å². The first-order chi connectivity index (χ1) is 9.81. The number of benzene rings is 1. The molecule has 0 saturated heterocycles. The zero-order valence-corrected chi connectivity index (χ0v) is 12.5. The quantitative estimate of drug-likeness (QED) is 0.598.